The number of carbonyl (C=O) groups excluding carboxylic acids is 1. The van der Waals surface area contributed by atoms with Crippen molar-refractivity contribution in [2.75, 3.05) is 6.61 Å². The highest BCUT2D eigenvalue weighted by Gasteiger charge is 2.21. The fraction of sp³-hybridized carbons (Fsp3) is 0.250. The predicted octanol–water partition coefficient (Wildman–Crippen LogP) is 3.62. The molecular formula is C16H16ClNO2. The van der Waals surface area contributed by atoms with Crippen molar-refractivity contribution < 1.29 is 9.53 Å². The summed E-state index contributed by atoms with van der Waals surface area (Å²) in [6, 6.07) is 11.3. The summed E-state index contributed by atoms with van der Waals surface area (Å²) in [6.07, 6.45) is 2.86. The molecule has 0 amide bonds. The van der Waals surface area contributed by atoms with Crippen LogP contribution < -0.4 is 0 Å². The largest absolute Gasteiger partial charge is 0.366 e. The summed E-state index contributed by atoms with van der Waals surface area (Å²) in [5.41, 5.74) is 1.64. The van der Waals surface area contributed by atoms with Gasteiger partial charge in [0.15, 0.2) is 5.78 Å². The number of halogens is 1. The predicted molar refractivity (Wildman–Crippen MR) is 78.8 cm³/mol. The Morgan fingerprint density at radius 1 is 1.30 bits per heavy atom. The molecule has 1 heterocycles. The Morgan fingerprint density at radius 3 is 2.70 bits per heavy atom. The van der Waals surface area contributed by atoms with E-state index in [4.69, 9.17) is 16.3 Å². The lowest BCUT2D eigenvalue weighted by atomic mass is 10.0. The van der Waals surface area contributed by atoms with Crippen LogP contribution in [0.2, 0.25) is 5.02 Å². The zero-order chi connectivity index (χ0) is 14.4. The molecule has 2 aromatic rings. The molecule has 1 unspecified atom stereocenters. The molecule has 0 saturated heterocycles. The van der Waals surface area contributed by atoms with Crippen LogP contribution in [0.1, 0.15) is 24.2 Å². The molecular weight excluding hydrogens is 274 g/mol. The van der Waals surface area contributed by atoms with E-state index in [1.165, 1.54) is 0 Å². The van der Waals surface area contributed by atoms with Gasteiger partial charge in [-0.25, -0.2) is 0 Å². The number of Topliss-reactive ketones (excluding diaryl/α,β-unsaturated/α-hetero) is 1. The number of pyridine rings is 1. The second-order valence-corrected chi connectivity index (χ2v) is 4.76. The van der Waals surface area contributed by atoms with Crippen molar-refractivity contribution in [3.05, 3.63) is 64.9 Å². The molecule has 104 valence electrons. The van der Waals surface area contributed by atoms with Crippen molar-refractivity contribution in [3.63, 3.8) is 0 Å². The van der Waals surface area contributed by atoms with Crippen molar-refractivity contribution in [3.8, 4) is 0 Å². The van der Waals surface area contributed by atoms with Crippen LogP contribution in [0.4, 0.5) is 0 Å². The van der Waals surface area contributed by atoms with E-state index in [2.05, 4.69) is 4.98 Å². The number of nitrogens with zero attached hydrogens (tertiary/aromatic N) is 1. The van der Waals surface area contributed by atoms with Crippen LogP contribution in [-0.2, 0) is 16.0 Å². The standard InChI is InChI=1S/C16H16ClNO2/c1-2-20-16(12-6-4-3-5-7-12)15(19)10-13-8-9-18-11-14(13)17/h3-9,11,16H,2,10H2,1H3. The molecule has 0 aliphatic carbocycles. The summed E-state index contributed by atoms with van der Waals surface area (Å²) in [6.45, 7) is 2.36. The highest BCUT2D eigenvalue weighted by atomic mass is 35.5. The highest BCUT2D eigenvalue weighted by Crippen LogP contribution is 2.22. The number of rotatable bonds is 6. The van der Waals surface area contributed by atoms with Crippen molar-refractivity contribution in [2.24, 2.45) is 0 Å². The summed E-state index contributed by atoms with van der Waals surface area (Å²) in [5, 5.41) is 0.504. The minimum Gasteiger partial charge on any atom is -0.366 e. The van der Waals surface area contributed by atoms with Crippen LogP contribution in [0.3, 0.4) is 0 Å². The van der Waals surface area contributed by atoms with Gasteiger partial charge in [0.1, 0.15) is 6.10 Å². The maximum atomic E-state index is 12.5. The smallest absolute Gasteiger partial charge is 0.170 e. The van der Waals surface area contributed by atoms with E-state index < -0.39 is 6.10 Å². The van der Waals surface area contributed by atoms with Crippen LogP contribution in [0, 0.1) is 0 Å². The molecule has 20 heavy (non-hydrogen) atoms. The van der Waals surface area contributed by atoms with Crippen molar-refractivity contribution in [1.29, 1.82) is 0 Å². The lowest BCUT2D eigenvalue weighted by Crippen LogP contribution is -2.18. The van der Waals surface area contributed by atoms with Crippen molar-refractivity contribution in [2.45, 2.75) is 19.4 Å². The molecule has 1 aromatic carbocycles. The molecule has 0 radical (unpaired) electrons. The highest BCUT2D eigenvalue weighted by molar-refractivity contribution is 6.31. The summed E-state index contributed by atoms with van der Waals surface area (Å²) in [7, 11) is 0. The maximum absolute atomic E-state index is 12.5. The Bertz CT molecular complexity index is 572. The topological polar surface area (TPSA) is 39.2 Å². The van der Waals surface area contributed by atoms with E-state index in [0.717, 1.165) is 11.1 Å². The fourth-order valence-electron chi connectivity index (χ4n) is 2.00. The van der Waals surface area contributed by atoms with Gasteiger partial charge in [-0.2, -0.15) is 0 Å². The third-order valence-electron chi connectivity index (χ3n) is 2.95. The van der Waals surface area contributed by atoms with Crippen molar-refractivity contribution in [1.82, 2.24) is 4.98 Å². The number of hydrogen-bond donors (Lipinski definition) is 0. The number of carbonyl (C=O) groups is 1. The Kier molecular flexibility index (Phi) is 5.27. The lowest BCUT2D eigenvalue weighted by molar-refractivity contribution is -0.130. The van der Waals surface area contributed by atoms with E-state index in [1.54, 1.807) is 18.5 Å². The van der Waals surface area contributed by atoms with Crippen LogP contribution in [0.15, 0.2) is 48.8 Å². The summed E-state index contributed by atoms with van der Waals surface area (Å²) in [4.78, 5) is 16.4. The van der Waals surface area contributed by atoms with Gasteiger partial charge < -0.3 is 4.74 Å². The first-order valence-electron chi connectivity index (χ1n) is 6.50. The molecule has 1 aromatic heterocycles. The molecule has 2 rings (SSSR count). The maximum Gasteiger partial charge on any atom is 0.170 e. The molecule has 4 heteroatoms. The first-order valence-corrected chi connectivity index (χ1v) is 6.87. The molecule has 0 saturated carbocycles. The normalized spacial score (nSPS) is 12.1. The average Bonchev–Trinajstić information content (AvgIpc) is 2.48. The number of ether oxygens (including phenoxy) is 1. The number of ketones is 1. The monoisotopic (exact) mass is 289 g/mol. The molecule has 1 atom stereocenters. The third-order valence-corrected chi connectivity index (χ3v) is 3.29. The van der Waals surface area contributed by atoms with Gasteiger partial charge in [-0.1, -0.05) is 41.9 Å². The Morgan fingerprint density at radius 2 is 2.05 bits per heavy atom. The molecule has 3 nitrogen and oxygen atoms in total. The Hall–Kier alpha value is -1.71. The van der Waals surface area contributed by atoms with Gasteiger partial charge in [0.05, 0.1) is 5.02 Å². The van der Waals surface area contributed by atoms with E-state index in [1.807, 2.05) is 37.3 Å². The molecule has 0 bridgehead atoms. The quantitative estimate of drug-likeness (QED) is 0.815. The Balaban J connectivity index is 2.18. The number of benzene rings is 1. The van der Waals surface area contributed by atoms with E-state index in [9.17, 15) is 4.79 Å². The second-order valence-electron chi connectivity index (χ2n) is 4.36. The first kappa shape index (κ1) is 14.7. The zero-order valence-corrected chi connectivity index (χ0v) is 12.0. The first-order chi connectivity index (χ1) is 9.72. The molecule has 0 aliphatic heterocycles. The van der Waals surface area contributed by atoms with Crippen LogP contribution in [-0.4, -0.2) is 17.4 Å². The van der Waals surface area contributed by atoms with E-state index in [-0.39, 0.29) is 12.2 Å². The second kappa shape index (κ2) is 7.17. The van der Waals surface area contributed by atoms with Gasteiger partial charge >= 0.3 is 0 Å². The van der Waals surface area contributed by atoms with Gasteiger partial charge in [-0.3, -0.25) is 9.78 Å². The molecule has 0 spiro atoms. The molecule has 0 aliphatic rings. The van der Waals surface area contributed by atoms with Gasteiger partial charge in [0.2, 0.25) is 0 Å². The molecule has 0 fully saturated rings. The SMILES string of the molecule is CCOC(C(=O)Cc1ccncc1Cl)c1ccccc1. The minimum atomic E-state index is -0.551. The van der Waals surface area contributed by atoms with Gasteiger partial charge in [-0.15, -0.1) is 0 Å². The number of aromatic nitrogens is 1. The molecule has 0 N–H and O–H groups in total. The summed E-state index contributed by atoms with van der Waals surface area (Å²) in [5.74, 6) is -0.00819. The third kappa shape index (κ3) is 3.65. The average molecular weight is 290 g/mol. The van der Waals surface area contributed by atoms with Crippen LogP contribution in [0.5, 0.6) is 0 Å². The number of hydrogen-bond acceptors (Lipinski definition) is 3. The van der Waals surface area contributed by atoms with E-state index in [0.29, 0.717) is 11.6 Å². The minimum absolute atomic E-state index is 0.00819. The lowest BCUT2D eigenvalue weighted by Gasteiger charge is -2.16. The van der Waals surface area contributed by atoms with Crippen molar-refractivity contribution >= 4 is 17.4 Å². The summed E-state index contributed by atoms with van der Waals surface area (Å²) >= 11 is 6.04. The zero-order valence-electron chi connectivity index (χ0n) is 11.3. The van der Waals surface area contributed by atoms with Crippen LogP contribution >= 0.6 is 11.6 Å². The fourth-order valence-corrected chi connectivity index (χ4v) is 2.18. The van der Waals surface area contributed by atoms with Crippen LogP contribution in [0.25, 0.3) is 0 Å². The van der Waals surface area contributed by atoms with Gasteiger partial charge in [-0.05, 0) is 24.1 Å². The van der Waals surface area contributed by atoms with E-state index >= 15 is 0 Å². The van der Waals surface area contributed by atoms with Gasteiger partial charge in [0.25, 0.3) is 0 Å². The Labute approximate surface area is 123 Å². The van der Waals surface area contributed by atoms with Gasteiger partial charge in [0, 0.05) is 25.4 Å². The summed E-state index contributed by atoms with van der Waals surface area (Å²) < 4.78 is 5.59.